The molecule has 0 unspecified atom stereocenters. The van der Waals surface area contributed by atoms with Crippen molar-refractivity contribution < 1.29 is 19.1 Å². The van der Waals surface area contributed by atoms with Gasteiger partial charge in [-0.25, -0.2) is 9.59 Å². The molecule has 0 atom stereocenters. The van der Waals surface area contributed by atoms with Crippen LogP contribution in [0.2, 0.25) is 0 Å². The van der Waals surface area contributed by atoms with Crippen molar-refractivity contribution in [1.29, 1.82) is 0 Å². The number of ether oxygens (including phenoxy) is 2. The lowest BCUT2D eigenvalue weighted by atomic mass is 10.1. The van der Waals surface area contributed by atoms with Crippen LogP contribution in [0.4, 0.5) is 0 Å². The molecule has 0 bridgehead atoms. The van der Waals surface area contributed by atoms with Gasteiger partial charge in [-0.15, -0.1) is 0 Å². The number of rotatable bonds is 5. The number of allylic oxidation sites excluding steroid dienone is 4. The fourth-order valence-electron chi connectivity index (χ4n) is 3.16. The van der Waals surface area contributed by atoms with Crippen molar-refractivity contribution in [2.45, 2.75) is 41.5 Å². The smallest absolute Gasteiger partial charge is 0.341 e. The number of hydrogen-bond donors (Lipinski definition) is 0. The Bertz CT molecular complexity index is 756. The molecule has 154 valence electrons. The molecule has 28 heavy (non-hydrogen) atoms. The first-order valence-corrected chi connectivity index (χ1v) is 10.8. The highest BCUT2D eigenvalue weighted by Gasteiger charge is 2.38. The number of carbonyl (C=O) groups excluding carboxylic acids is 2. The Kier molecular flexibility index (Phi) is 7.33. The number of hydrogen-bond acceptors (Lipinski definition) is 8. The average Bonchev–Trinajstić information content (AvgIpc) is 3.13. The first kappa shape index (κ1) is 22.5. The van der Waals surface area contributed by atoms with Crippen LogP contribution in [0.1, 0.15) is 41.5 Å². The Balaban J connectivity index is 2.82. The molecule has 0 saturated carbocycles. The summed E-state index contributed by atoms with van der Waals surface area (Å²) in [6.45, 7) is 13.4. The van der Waals surface area contributed by atoms with Crippen LogP contribution in [0.5, 0.6) is 0 Å². The Hall–Kier alpha value is -1.80. The van der Waals surface area contributed by atoms with Gasteiger partial charge in [-0.2, -0.15) is 0 Å². The van der Waals surface area contributed by atoms with E-state index >= 15 is 0 Å². The maximum absolute atomic E-state index is 12.9. The summed E-state index contributed by atoms with van der Waals surface area (Å²) in [4.78, 5) is 32.1. The van der Waals surface area contributed by atoms with Crippen LogP contribution in [0, 0.1) is 0 Å². The van der Waals surface area contributed by atoms with Gasteiger partial charge in [0.05, 0.1) is 24.3 Å². The van der Waals surface area contributed by atoms with Gasteiger partial charge < -0.3 is 19.3 Å². The molecular weight excluding hydrogens is 396 g/mol. The molecule has 2 aliphatic heterocycles. The molecule has 0 aromatic carbocycles. The van der Waals surface area contributed by atoms with Gasteiger partial charge >= 0.3 is 11.9 Å². The lowest BCUT2D eigenvalue weighted by Gasteiger charge is -2.25. The molecule has 0 radical (unpaired) electrons. The fraction of sp³-hybridized carbons (Fsp3) is 0.500. The Labute approximate surface area is 175 Å². The van der Waals surface area contributed by atoms with Gasteiger partial charge in [-0.3, -0.25) is 0 Å². The summed E-state index contributed by atoms with van der Waals surface area (Å²) in [6, 6.07) is 0. The van der Waals surface area contributed by atoms with Crippen LogP contribution in [0.25, 0.3) is 0 Å². The van der Waals surface area contributed by atoms with Gasteiger partial charge in [0.15, 0.2) is 0 Å². The molecule has 2 heterocycles. The van der Waals surface area contributed by atoms with Crippen molar-refractivity contribution in [3.63, 3.8) is 0 Å². The van der Waals surface area contributed by atoms with Crippen molar-refractivity contribution >= 4 is 35.5 Å². The van der Waals surface area contributed by atoms with E-state index in [2.05, 4.69) is 0 Å². The third kappa shape index (κ3) is 3.85. The van der Waals surface area contributed by atoms with Crippen LogP contribution in [0.3, 0.4) is 0 Å². The van der Waals surface area contributed by atoms with E-state index in [1.807, 2.05) is 51.3 Å². The normalized spacial score (nSPS) is 20.9. The predicted molar refractivity (Wildman–Crippen MR) is 115 cm³/mol. The summed E-state index contributed by atoms with van der Waals surface area (Å²) in [5.74, 6) is -1.09. The average molecular weight is 425 g/mol. The standard InChI is InChI=1S/C20H28N2O4S2/c1-9-21-11(3)13(5)27-17(21)15(19(23)25-7)16(20(24)26-8)18-22(10-2)12(4)14(6)28-18/h9-10H2,1-8H3/b17-15-,18-16-. The van der Waals surface area contributed by atoms with Gasteiger partial charge in [-0.1, -0.05) is 23.5 Å². The predicted octanol–water partition coefficient (Wildman–Crippen LogP) is 4.40. The van der Waals surface area contributed by atoms with Gasteiger partial charge in [0.2, 0.25) is 0 Å². The largest absolute Gasteiger partial charge is 0.465 e. The summed E-state index contributed by atoms with van der Waals surface area (Å²) < 4.78 is 10.2. The lowest BCUT2D eigenvalue weighted by molar-refractivity contribution is -0.139. The zero-order valence-corrected chi connectivity index (χ0v) is 19.4. The molecule has 0 spiro atoms. The lowest BCUT2D eigenvalue weighted by Crippen LogP contribution is -2.26. The Morgan fingerprint density at radius 2 is 1.07 bits per heavy atom. The summed E-state index contributed by atoms with van der Waals surface area (Å²) in [7, 11) is 2.67. The molecule has 2 rings (SSSR count). The second-order valence-corrected chi connectivity index (χ2v) is 8.73. The Morgan fingerprint density at radius 1 is 0.750 bits per heavy atom. The zero-order chi connectivity index (χ0) is 21.2. The van der Waals surface area contributed by atoms with Crippen LogP contribution >= 0.6 is 23.5 Å². The minimum atomic E-state index is -0.546. The summed E-state index contributed by atoms with van der Waals surface area (Å²) in [6.07, 6.45) is 0. The number of thioether (sulfide) groups is 2. The quantitative estimate of drug-likeness (QED) is 0.476. The highest BCUT2D eigenvalue weighted by Crippen LogP contribution is 2.48. The van der Waals surface area contributed by atoms with Crippen LogP contribution in [0.15, 0.2) is 42.4 Å². The van der Waals surface area contributed by atoms with E-state index in [4.69, 9.17) is 9.47 Å². The minimum absolute atomic E-state index is 0.251. The highest BCUT2D eigenvalue weighted by molar-refractivity contribution is 8.07. The van der Waals surface area contributed by atoms with Crippen LogP contribution < -0.4 is 0 Å². The number of carbonyl (C=O) groups is 2. The van der Waals surface area contributed by atoms with E-state index in [0.29, 0.717) is 23.1 Å². The molecule has 8 heteroatoms. The highest BCUT2D eigenvalue weighted by atomic mass is 32.2. The zero-order valence-electron chi connectivity index (χ0n) is 17.8. The van der Waals surface area contributed by atoms with Crippen molar-refractivity contribution in [1.82, 2.24) is 9.80 Å². The van der Waals surface area contributed by atoms with Crippen molar-refractivity contribution in [2.24, 2.45) is 0 Å². The molecule has 0 aromatic rings. The molecule has 0 fully saturated rings. The van der Waals surface area contributed by atoms with Gasteiger partial charge in [0.1, 0.15) is 11.1 Å². The fourth-order valence-corrected chi connectivity index (χ4v) is 5.59. The molecular formula is C20H28N2O4S2. The first-order chi connectivity index (χ1) is 13.2. The molecule has 0 aromatic heterocycles. The van der Waals surface area contributed by atoms with Crippen LogP contribution in [-0.2, 0) is 19.1 Å². The molecule has 2 aliphatic rings. The molecule has 6 nitrogen and oxygen atoms in total. The molecule has 0 N–H and O–H groups in total. The van der Waals surface area contributed by atoms with E-state index in [1.54, 1.807) is 0 Å². The van der Waals surface area contributed by atoms with E-state index < -0.39 is 11.9 Å². The maximum atomic E-state index is 12.9. The van der Waals surface area contributed by atoms with Gasteiger partial charge in [0.25, 0.3) is 0 Å². The van der Waals surface area contributed by atoms with Gasteiger partial charge in [-0.05, 0) is 41.5 Å². The molecule has 0 saturated heterocycles. The summed E-state index contributed by atoms with van der Waals surface area (Å²) >= 11 is 2.97. The van der Waals surface area contributed by atoms with E-state index in [9.17, 15) is 9.59 Å². The summed E-state index contributed by atoms with van der Waals surface area (Å²) in [5.41, 5.74) is 2.63. The maximum Gasteiger partial charge on any atom is 0.341 e. The van der Waals surface area contributed by atoms with E-state index in [0.717, 1.165) is 21.2 Å². The minimum Gasteiger partial charge on any atom is -0.465 e. The molecule has 0 aliphatic carbocycles. The van der Waals surface area contributed by atoms with Crippen LogP contribution in [-0.4, -0.2) is 49.0 Å². The third-order valence-electron chi connectivity index (χ3n) is 4.91. The second-order valence-electron chi connectivity index (χ2n) is 6.32. The van der Waals surface area contributed by atoms with Gasteiger partial charge in [0, 0.05) is 34.3 Å². The van der Waals surface area contributed by atoms with E-state index in [1.165, 1.54) is 37.7 Å². The number of esters is 2. The topological polar surface area (TPSA) is 59.1 Å². The first-order valence-electron chi connectivity index (χ1n) is 9.14. The third-order valence-corrected chi connectivity index (χ3v) is 7.35. The van der Waals surface area contributed by atoms with E-state index in [-0.39, 0.29) is 11.1 Å². The monoisotopic (exact) mass is 424 g/mol. The number of nitrogens with zero attached hydrogens (tertiary/aromatic N) is 2. The second kappa shape index (κ2) is 9.13. The SMILES string of the molecule is CCN1C(C)=C(C)S/C1=C(C(=O)OC)/C(C(=O)OC)=C1/SC(C)=C(C)N1CC. The van der Waals surface area contributed by atoms with Crippen molar-refractivity contribution in [3.8, 4) is 0 Å². The van der Waals surface area contributed by atoms with Crippen molar-refractivity contribution in [3.05, 3.63) is 42.4 Å². The Morgan fingerprint density at radius 3 is 1.32 bits per heavy atom. The molecule has 0 amide bonds. The number of methoxy groups -OCH3 is 2. The summed E-state index contributed by atoms with van der Waals surface area (Å²) in [5, 5.41) is 1.41. The van der Waals surface area contributed by atoms with Crippen molar-refractivity contribution in [2.75, 3.05) is 27.3 Å².